The van der Waals surface area contributed by atoms with Crippen LogP contribution in [0.2, 0.25) is 5.02 Å². The van der Waals surface area contributed by atoms with E-state index < -0.39 is 0 Å². The SMILES string of the molecule is CCc1ccccc1C(=O)c1cc(C)c(C)cc1Cl. The summed E-state index contributed by atoms with van der Waals surface area (Å²) in [6.07, 6.45) is 0.838. The maximum absolute atomic E-state index is 12.6. The summed E-state index contributed by atoms with van der Waals surface area (Å²) in [4.78, 5) is 12.6. The van der Waals surface area contributed by atoms with E-state index in [9.17, 15) is 4.79 Å². The summed E-state index contributed by atoms with van der Waals surface area (Å²) in [7, 11) is 0. The zero-order valence-corrected chi connectivity index (χ0v) is 12.2. The highest BCUT2D eigenvalue weighted by Gasteiger charge is 2.16. The van der Waals surface area contributed by atoms with Crippen molar-refractivity contribution in [3.8, 4) is 0 Å². The number of hydrogen-bond donors (Lipinski definition) is 0. The Kier molecular flexibility index (Phi) is 4.06. The summed E-state index contributed by atoms with van der Waals surface area (Å²) < 4.78 is 0. The topological polar surface area (TPSA) is 17.1 Å². The Balaban J connectivity index is 2.53. The van der Waals surface area contributed by atoms with Crippen LogP contribution in [0.5, 0.6) is 0 Å². The monoisotopic (exact) mass is 272 g/mol. The van der Waals surface area contributed by atoms with E-state index in [4.69, 9.17) is 11.6 Å². The van der Waals surface area contributed by atoms with Crippen molar-refractivity contribution in [1.29, 1.82) is 0 Å². The van der Waals surface area contributed by atoms with Gasteiger partial charge in [-0.2, -0.15) is 0 Å². The first-order valence-electron chi connectivity index (χ1n) is 6.44. The molecule has 2 aromatic rings. The number of benzene rings is 2. The van der Waals surface area contributed by atoms with Gasteiger partial charge < -0.3 is 0 Å². The average Bonchev–Trinajstić information content (AvgIpc) is 2.42. The van der Waals surface area contributed by atoms with Crippen LogP contribution >= 0.6 is 11.6 Å². The van der Waals surface area contributed by atoms with E-state index in [0.29, 0.717) is 10.6 Å². The molecule has 0 atom stereocenters. The van der Waals surface area contributed by atoms with E-state index in [-0.39, 0.29) is 5.78 Å². The predicted octanol–water partition coefficient (Wildman–Crippen LogP) is 4.75. The highest BCUT2D eigenvalue weighted by Crippen LogP contribution is 2.25. The van der Waals surface area contributed by atoms with Crippen molar-refractivity contribution in [3.63, 3.8) is 0 Å². The summed E-state index contributed by atoms with van der Waals surface area (Å²) in [6, 6.07) is 11.4. The van der Waals surface area contributed by atoms with Gasteiger partial charge in [0.1, 0.15) is 0 Å². The molecule has 2 rings (SSSR count). The van der Waals surface area contributed by atoms with E-state index in [2.05, 4.69) is 0 Å². The normalized spacial score (nSPS) is 10.5. The number of aryl methyl sites for hydroxylation is 3. The van der Waals surface area contributed by atoms with Crippen LogP contribution in [0, 0.1) is 13.8 Å². The molecule has 0 aliphatic rings. The van der Waals surface area contributed by atoms with Gasteiger partial charge in [-0.25, -0.2) is 0 Å². The second-order valence-electron chi connectivity index (χ2n) is 4.76. The maximum Gasteiger partial charge on any atom is 0.194 e. The molecule has 1 nitrogen and oxygen atoms in total. The number of rotatable bonds is 3. The molecule has 98 valence electrons. The third-order valence-electron chi connectivity index (χ3n) is 3.47. The minimum absolute atomic E-state index is 0.00514. The molecule has 0 fully saturated rings. The van der Waals surface area contributed by atoms with Crippen molar-refractivity contribution < 1.29 is 4.79 Å². The minimum atomic E-state index is 0.00514. The number of carbonyl (C=O) groups is 1. The Morgan fingerprint density at radius 1 is 1.05 bits per heavy atom. The smallest absolute Gasteiger partial charge is 0.194 e. The van der Waals surface area contributed by atoms with Gasteiger partial charge in [-0.15, -0.1) is 0 Å². The molecule has 2 aromatic carbocycles. The molecule has 0 saturated heterocycles. The van der Waals surface area contributed by atoms with Gasteiger partial charge in [0.15, 0.2) is 5.78 Å². The van der Waals surface area contributed by atoms with Crippen LogP contribution in [-0.2, 0) is 6.42 Å². The number of ketones is 1. The highest BCUT2D eigenvalue weighted by atomic mass is 35.5. The Morgan fingerprint density at radius 3 is 2.37 bits per heavy atom. The van der Waals surface area contributed by atoms with Crippen LogP contribution in [0.15, 0.2) is 36.4 Å². The molecule has 0 amide bonds. The molecular formula is C17H17ClO. The van der Waals surface area contributed by atoms with E-state index in [1.54, 1.807) is 0 Å². The van der Waals surface area contributed by atoms with Gasteiger partial charge in [-0.05, 0) is 49.1 Å². The fourth-order valence-electron chi connectivity index (χ4n) is 2.15. The molecule has 0 saturated carbocycles. The van der Waals surface area contributed by atoms with E-state index in [0.717, 1.165) is 28.7 Å². The van der Waals surface area contributed by atoms with Gasteiger partial charge in [0.25, 0.3) is 0 Å². The van der Waals surface area contributed by atoms with Gasteiger partial charge in [0, 0.05) is 11.1 Å². The lowest BCUT2D eigenvalue weighted by atomic mass is 9.95. The summed E-state index contributed by atoms with van der Waals surface area (Å²) in [5.41, 5.74) is 4.58. The molecule has 19 heavy (non-hydrogen) atoms. The summed E-state index contributed by atoms with van der Waals surface area (Å²) in [6.45, 7) is 6.04. The van der Waals surface area contributed by atoms with Crippen molar-refractivity contribution in [2.75, 3.05) is 0 Å². The lowest BCUT2D eigenvalue weighted by Gasteiger charge is -2.10. The maximum atomic E-state index is 12.6. The third-order valence-corrected chi connectivity index (χ3v) is 3.78. The van der Waals surface area contributed by atoms with E-state index in [1.165, 1.54) is 0 Å². The Bertz CT molecular complexity index is 629. The number of hydrogen-bond acceptors (Lipinski definition) is 1. The fraction of sp³-hybridized carbons (Fsp3) is 0.235. The van der Waals surface area contributed by atoms with Crippen molar-refractivity contribution in [2.24, 2.45) is 0 Å². The van der Waals surface area contributed by atoms with Crippen LogP contribution in [0.4, 0.5) is 0 Å². The van der Waals surface area contributed by atoms with Crippen LogP contribution in [0.25, 0.3) is 0 Å². The van der Waals surface area contributed by atoms with E-state index >= 15 is 0 Å². The van der Waals surface area contributed by atoms with Crippen molar-refractivity contribution >= 4 is 17.4 Å². The van der Waals surface area contributed by atoms with E-state index in [1.807, 2.05) is 57.2 Å². The molecule has 0 N–H and O–H groups in total. The second-order valence-corrected chi connectivity index (χ2v) is 5.16. The molecule has 2 heteroatoms. The molecule has 0 aliphatic carbocycles. The van der Waals surface area contributed by atoms with Crippen LogP contribution < -0.4 is 0 Å². The van der Waals surface area contributed by atoms with Gasteiger partial charge in [0.2, 0.25) is 0 Å². The fourth-order valence-corrected chi connectivity index (χ4v) is 2.45. The predicted molar refractivity (Wildman–Crippen MR) is 80.2 cm³/mol. The van der Waals surface area contributed by atoms with Crippen LogP contribution in [0.3, 0.4) is 0 Å². The van der Waals surface area contributed by atoms with Gasteiger partial charge in [0.05, 0.1) is 5.02 Å². The van der Waals surface area contributed by atoms with Gasteiger partial charge in [-0.1, -0.05) is 42.8 Å². The van der Waals surface area contributed by atoms with Crippen LogP contribution in [0.1, 0.15) is 39.5 Å². The van der Waals surface area contributed by atoms with Gasteiger partial charge >= 0.3 is 0 Å². The first-order valence-corrected chi connectivity index (χ1v) is 6.81. The Labute approximate surface area is 119 Å². The number of carbonyl (C=O) groups excluding carboxylic acids is 1. The van der Waals surface area contributed by atoms with Gasteiger partial charge in [-0.3, -0.25) is 4.79 Å². The molecule has 0 bridgehead atoms. The zero-order valence-electron chi connectivity index (χ0n) is 11.5. The molecule has 0 unspecified atom stereocenters. The molecule has 0 radical (unpaired) electrons. The first-order chi connectivity index (χ1) is 9.04. The lowest BCUT2D eigenvalue weighted by Crippen LogP contribution is -2.06. The van der Waals surface area contributed by atoms with Crippen molar-refractivity contribution in [1.82, 2.24) is 0 Å². The highest BCUT2D eigenvalue weighted by molar-refractivity contribution is 6.35. The molecular weight excluding hydrogens is 256 g/mol. The molecule has 0 heterocycles. The van der Waals surface area contributed by atoms with Crippen molar-refractivity contribution in [2.45, 2.75) is 27.2 Å². The largest absolute Gasteiger partial charge is 0.289 e. The number of halogens is 1. The van der Waals surface area contributed by atoms with Crippen molar-refractivity contribution in [3.05, 3.63) is 69.2 Å². The first kappa shape index (κ1) is 13.8. The van der Waals surface area contributed by atoms with Crippen LogP contribution in [-0.4, -0.2) is 5.78 Å². The second kappa shape index (κ2) is 5.58. The lowest BCUT2D eigenvalue weighted by molar-refractivity contribution is 0.103. The summed E-state index contributed by atoms with van der Waals surface area (Å²) in [5.74, 6) is 0.00514. The zero-order chi connectivity index (χ0) is 14.0. The molecule has 0 spiro atoms. The Morgan fingerprint density at radius 2 is 1.68 bits per heavy atom. The Hall–Kier alpha value is -1.60. The quantitative estimate of drug-likeness (QED) is 0.737. The summed E-state index contributed by atoms with van der Waals surface area (Å²) in [5, 5.41) is 0.527. The standard InChI is InChI=1S/C17H17ClO/c1-4-13-7-5-6-8-14(13)17(19)15-9-11(2)12(3)10-16(15)18/h5-10H,4H2,1-3H3. The summed E-state index contributed by atoms with van der Waals surface area (Å²) >= 11 is 6.22. The minimum Gasteiger partial charge on any atom is -0.289 e. The molecule has 0 aromatic heterocycles. The third kappa shape index (κ3) is 2.71. The average molecular weight is 273 g/mol. The molecule has 0 aliphatic heterocycles.